The molecule has 0 aliphatic rings. The second kappa shape index (κ2) is 6.02. The highest BCUT2D eigenvalue weighted by Crippen LogP contribution is 2.11. The van der Waals surface area contributed by atoms with Gasteiger partial charge in [-0.2, -0.15) is 26.7 Å². The van der Waals surface area contributed by atoms with Crippen LogP contribution in [0.4, 0.5) is 0 Å². The Labute approximate surface area is 125 Å². The van der Waals surface area contributed by atoms with Crippen LogP contribution in [0.5, 0.6) is 0 Å². The van der Waals surface area contributed by atoms with Crippen molar-refractivity contribution in [1.82, 2.24) is 20.7 Å². The summed E-state index contributed by atoms with van der Waals surface area (Å²) in [5.41, 5.74) is 9.55. The number of hydrogen-bond acceptors (Lipinski definition) is 5. The Balaban J connectivity index is 1.57. The van der Waals surface area contributed by atoms with Gasteiger partial charge in [-0.3, -0.25) is 4.79 Å². The lowest BCUT2D eigenvalue weighted by Gasteiger charge is -2.11. The molecule has 0 saturated carbocycles. The first-order valence-electron chi connectivity index (χ1n) is 6.56. The van der Waals surface area contributed by atoms with Gasteiger partial charge in [-0.25, -0.2) is 0 Å². The summed E-state index contributed by atoms with van der Waals surface area (Å²) < 4.78 is 0. The minimum atomic E-state index is -0.532. The minimum absolute atomic E-state index is 0.151. The van der Waals surface area contributed by atoms with Crippen molar-refractivity contribution in [2.75, 3.05) is 0 Å². The number of benzene rings is 1. The Kier molecular flexibility index (Phi) is 3.94. The molecule has 108 valence electrons. The summed E-state index contributed by atoms with van der Waals surface area (Å²) in [6.45, 7) is 0.430. The van der Waals surface area contributed by atoms with Gasteiger partial charge in [0.2, 0.25) is 5.91 Å². The van der Waals surface area contributed by atoms with Crippen LogP contribution in [0.25, 0.3) is 11.0 Å². The Bertz CT molecular complexity index is 737. The lowest BCUT2D eigenvalue weighted by atomic mass is 10.1. The van der Waals surface area contributed by atoms with Crippen LogP contribution in [0.15, 0.2) is 35.0 Å². The number of carbonyl (C=O) groups is 1. The second-order valence-corrected chi connectivity index (χ2v) is 5.59. The van der Waals surface area contributed by atoms with Crippen molar-refractivity contribution >= 4 is 28.3 Å². The topological polar surface area (TPSA) is 96.7 Å². The molecule has 0 aliphatic heterocycles. The van der Waals surface area contributed by atoms with E-state index in [1.54, 1.807) is 11.3 Å². The van der Waals surface area contributed by atoms with Crippen molar-refractivity contribution < 1.29 is 4.79 Å². The van der Waals surface area contributed by atoms with Gasteiger partial charge in [-0.1, -0.05) is 6.07 Å². The fraction of sp³-hybridized carbons (Fsp3) is 0.214. The third kappa shape index (κ3) is 3.26. The highest BCUT2D eigenvalue weighted by atomic mass is 32.1. The smallest absolute Gasteiger partial charge is 0.237 e. The van der Waals surface area contributed by atoms with Gasteiger partial charge in [0.1, 0.15) is 11.0 Å². The molecule has 3 aromatic rings. The molecule has 4 N–H and O–H groups in total. The summed E-state index contributed by atoms with van der Waals surface area (Å²) in [5, 5.41) is 17.4. The summed E-state index contributed by atoms with van der Waals surface area (Å²) in [4.78, 5) is 12.0. The number of amides is 1. The van der Waals surface area contributed by atoms with Crippen LogP contribution in [0.3, 0.4) is 0 Å². The molecule has 1 amide bonds. The van der Waals surface area contributed by atoms with Crippen LogP contribution in [0.1, 0.15) is 11.1 Å². The number of aromatic amines is 1. The Hall–Kier alpha value is -2.25. The van der Waals surface area contributed by atoms with Crippen LogP contribution >= 0.6 is 11.3 Å². The number of rotatable bonds is 5. The van der Waals surface area contributed by atoms with E-state index < -0.39 is 6.04 Å². The first kappa shape index (κ1) is 13.7. The molecule has 1 atom stereocenters. The number of aromatic nitrogens is 3. The Morgan fingerprint density at radius 3 is 2.95 bits per heavy atom. The predicted molar refractivity (Wildman–Crippen MR) is 81.7 cm³/mol. The number of thiophene rings is 1. The minimum Gasteiger partial charge on any atom is -0.351 e. The van der Waals surface area contributed by atoms with E-state index in [0.717, 1.165) is 22.2 Å². The molecule has 3 rings (SSSR count). The number of H-pyrrole nitrogens is 1. The van der Waals surface area contributed by atoms with Gasteiger partial charge in [0, 0.05) is 6.54 Å². The molecule has 2 aromatic heterocycles. The van der Waals surface area contributed by atoms with Crippen molar-refractivity contribution in [2.24, 2.45) is 5.73 Å². The highest BCUT2D eigenvalue weighted by Gasteiger charge is 2.14. The summed E-state index contributed by atoms with van der Waals surface area (Å²) in [6.07, 6.45) is 0.553. The van der Waals surface area contributed by atoms with Crippen molar-refractivity contribution in [3.63, 3.8) is 0 Å². The first-order valence-corrected chi connectivity index (χ1v) is 7.50. The molecule has 0 radical (unpaired) electrons. The third-order valence-corrected chi connectivity index (χ3v) is 3.95. The second-order valence-electron chi connectivity index (χ2n) is 4.81. The maximum absolute atomic E-state index is 12.0. The van der Waals surface area contributed by atoms with E-state index >= 15 is 0 Å². The lowest BCUT2D eigenvalue weighted by molar-refractivity contribution is -0.122. The summed E-state index contributed by atoms with van der Waals surface area (Å²) in [5.74, 6) is -0.151. The van der Waals surface area contributed by atoms with Gasteiger partial charge in [-0.05, 0) is 46.5 Å². The van der Waals surface area contributed by atoms with Crippen LogP contribution in [0, 0.1) is 0 Å². The van der Waals surface area contributed by atoms with E-state index in [4.69, 9.17) is 5.73 Å². The molecule has 0 bridgehead atoms. The van der Waals surface area contributed by atoms with Gasteiger partial charge >= 0.3 is 0 Å². The van der Waals surface area contributed by atoms with Crippen LogP contribution in [-0.2, 0) is 17.8 Å². The Morgan fingerprint density at radius 1 is 1.29 bits per heavy atom. The molecule has 1 aromatic carbocycles. The summed E-state index contributed by atoms with van der Waals surface area (Å²) in [6, 6.07) is 7.12. The molecule has 6 nitrogen and oxygen atoms in total. The van der Waals surface area contributed by atoms with Gasteiger partial charge < -0.3 is 11.1 Å². The zero-order chi connectivity index (χ0) is 14.7. The van der Waals surface area contributed by atoms with Gasteiger partial charge in [-0.15, -0.1) is 0 Å². The van der Waals surface area contributed by atoms with E-state index in [9.17, 15) is 4.79 Å². The molecular formula is C14H15N5OS. The maximum atomic E-state index is 12.0. The van der Waals surface area contributed by atoms with Crippen LogP contribution in [0.2, 0.25) is 0 Å². The average molecular weight is 301 g/mol. The maximum Gasteiger partial charge on any atom is 0.237 e. The largest absolute Gasteiger partial charge is 0.351 e. The normalized spacial score (nSPS) is 12.4. The van der Waals surface area contributed by atoms with Gasteiger partial charge in [0.25, 0.3) is 0 Å². The SMILES string of the molecule is NC(Cc1ccsc1)C(=O)NCc1ccc2n[nH]nc2c1. The number of nitrogens with one attached hydrogen (secondary N) is 2. The quantitative estimate of drug-likeness (QED) is 0.660. The molecule has 21 heavy (non-hydrogen) atoms. The molecule has 7 heteroatoms. The van der Waals surface area contributed by atoms with E-state index in [-0.39, 0.29) is 5.91 Å². The monoisotopic (exact) mass is 301 g/mol. The fourth-order valence-electron chi connectivity index (χ4n) is 2.07. The number of nitrogens with zero attached hydrogens (tertiary/aromatic N) is 2. The summed E-state index contributed by atoms with van der Waals surface area (Å²) in [7, 11) is 0. The average Bonchev–Trinajstić information content (AvgIpc) is 3.14. The fourth-order valence-corrected chi connectivity index (χ4v) is 2.75. The number of hydrogen-bond donors (Lipinski definition) is 3. The van der Waals surface area contributed by atoms with E-state index in [0.29, 0.717) is 13.0 Å². The van der Waals surface area contributed by atoms with E-state index in [1.807, 2.05) is 35.0 Å². The number of fused-ring (bicyclic) bond motifs is 1. The molecule has 0 fully saturated rings. The molecule has 0 spiro atoms. The molecule has 2 heterocycles. The molecule has 0 saturated heterocycles. The predicted octanol–water partition coefficient (Wildman–Crippen LogP) is 1.21. The van der Waals surface area contributed by atoms with Crippen molar-refractivity contribution in [2.45, 2.75) is 19.0 Å². The van der Waals surface area contributed by atoms with Crippen LogP contribution in [-0.4, -0.2) is 27.4 Å². The molecular weight excluding hydrogens is 286 g/mol. The van der Waals surface area contributed by atoms with Crippen molar-refractivity contribution in [1.29, 1.82) is 0 Å². The van der Waals surface area contributed by atoms with Gasteiger partial charge in [0.05, 0.1) is 6.04 Å². The Morgan fingerprint density at radius 2 is 2.14 bits per heavy atom. The molecule has 0 aliphatic carbocycles. The molecule has 1 unspecified atom stereocenters. The zero-order valence-corrected chi connectivity index (χ0v) is 12.1. The number of nitrogens with two attached hydrogens (primary N) is 1. The zero-order valence-electron chi connectivity index (χ0n) is 11.2. The van der Waals surface area contributed by atoms with E-state index in [1.165, 1.54) is 0 Å². The highest BCUT2D eigenvalue weighted by molar-refractivity contribution is 7.07. The third-order valence-electron chi connectivity index (χ3n) is 3.22. The van der Waals surface area contributed by atoms with Crippen molar-refractivity contribution in [3.05, 3.63) is 46.2 Å². The summed E-state index contributed by atoms with van der Waals surface area (Å²) >= 11 is 1.60. The first-order chi connectivity index (χ1) is 10.2. The lowest BCUT2D eigenvalue weighted by Crippen LogP contribution is -2.41. The van der Waals surface area contributed by atoms with E-state index in [2.05, 4.69) is 20.7 Å². The van der Waals surface area contributed by atoms with Crippen molar-refractivity contribution in [3.8, 4) is 0 Å². The van der Waals surface area contributed by atoms with Gasteiger partial charge in [0.15, 0.2) is 0 Å². The standard InChI is InChI=1S/C14H15N5OS/c15-11(5-10-3-4-21-8-10)14(20)16-7-9-1-2-12-13(6-9)18-19-17-12/h1-4,6,8,11H,5,7,15H2,(H,16,20)(H,17,18,19). The van der Waals surface area contributed by atoms with Crippen LogP contribution < -0.4 is 11.1 Å². The number of carbonyl (C=O) groups excluding carboxylic acids is 1.